The van der Waals surface area contributed by atoms with Crippen LogP contribution in [0.3, 0.4) is 0 Å². The molecule has 2 heterocycles. The molecule has 9 nitrogen and oxygen atoms in total. The van der Waals surface area contributed by atoms with Gasteiger partial charge in [-0.05, 0) is 18.9 Å². The first-order valence-electron chi connectivity index (χ1n) is 8.90. The van der Waals surface area contributed by atoms with Crippen molar-refractivity contribution in [3.05, 3.63) is 23.6 Å². The third-order valence-corrected chi connectivity index (χ3v) is 4.84. The highest BCUT2D eigenvalue weighted by atomic mass is 19.1. The number of hydrogen-bond donors (Lipinski definition) is 2. The molecule has 4 N–H and O–H groups in total. The second-order valence-electron chi connectivity index (χ2n) is 6.65. The number of carbonyl (C=O) groups excluding carboxylic acids is 2. The fourth-order valence-electron chi connectivity index (χ4n) is 3.55. The molecule has 0 radical (unpaired) electrons. The summed E-state index contributed by atoms with van der Waals surface area (Å²) in [6.45, 7) is 0.794. The van der Waals surface area contributed by atoms with E-state index in [0.717, 1.165) is 25.7 Å². The van der Waals surface area contributed by atoms with Crippen LogP contribution in [0.5, 0.6) is 0 Å². The van der Waals surface area contributed by atoms with Crippen LogP contribution in [-0.4, -0.2) is 53.5 Å². The van der Waals surface area contributed by atoms with E-state index in [1.165, 1.54) is 12.3 Å². The summed E-state index contributed by atoms with van der Waals surface area (Å²) in [6, 6.07) is 1.71. The van der Waals surface area contributed by atoms with E-state index in [1.54, 1.807) is 4.90 Å². The number of halogens is 1. The summed E-state index contributed by atoms with van der Waals surface area (Å²) in [5, 5.41) is 0. The molecule has 2 fully saturated rings. The van der Waals surface area contributed by atoms with E-state index in [4.69, 9.17) is 16.2 Å². The van der Waals surface area contributed by atoms with Gasteiger partial charge in [0.15, 0.2) is 17.6 Å². The molecule has 0 bridgehead atoms. The fourth-order valence-corrected chi connectivity index (χ4v) is 3.55. The van der Waals surface area contributed by atoms with Crippen molar-refractivity contribution < 1.29 is 18.7 Å². The molecule has 2 aliphatic rings. The first-order valence-corrected chi connectivity index (χ1v) is 8.90. The molecule has 3 rings (SSSR count). The van der Waals surface area contributed by atoms with E-state index >= 15 is 0 Å². The second-order valence-corrected chi connectivity index (χ2v) is 6.65. The molecule has 1 saturated heterocycles. The number of piperazine rings is 1. The number of nitrogens with zero attached hydrogens (tertiary/aromatic N) is 4. The predicted molar refractivity (Wildman–Crippen MR) is 96.4 cm³/mol. The molecule has 1 saturated carbocycles. The van der Waals surface area contributed by atoms with Gasteiger partial charge in [0.25, 0.3) is 0 Å². The van der Waals surface area contributed by atoms with Crippen molar-refractivity contribution >= 4 is 23.8 Å². The van der Waals surface area contributed by atoms with Crippen LogP contribution in [0.2, 0.25) is 0 Å². The summed E-state index contributed by atoms with van der Waals surface area (Å²) in [5.74, 6) is -1.00. The zero-order valence-electron chi connectivity index (χ0n) is 14.9. The van der Waals surface area contributed by atoms with Crippen LogP contribution in [0.15, 0.2) is 17.3 Å². The van der Waals surface area contributed by atoms with Crippen LogP contribution < -0.4 is 16.4 Å². The molecule has 146 valence electrons. The molecule has 1 aliphatic heterocycles. The van der Waals surface area contributed by atoms with Gasteiger partial charge in [0.1, 0.15) is 6.61 Å². The minimum absolute atomic E-state index is 0.0149. The van der Waals surface area contributed by atoms with Gasteiger partial charge in [-0.15, -0.1) is 4.99 Å². The Kier molecular flexibility index (Phi) is 5.72. The van der Waals surface area contributed by atoms with Crippen LogP contribution in [-0.2, 0) is 16.1 Å². The monoisotopic (exact) mass is 378 g/mol. The molecule has 0 aromatic carbocycles. The third kappa shape index (κ3) is 4.44. The summed E-state index contributed by atoms with van der Waals surface area (Å²) in [5.41, 5.74) is 10.3. The molecule has 10 heteroatoms. The average Bonchev–Trinajstić information content (AvgIpc) is 3.14. The van der Waals surface area contributed by atoms with Crippen molar-refractivity contribution in [1.29, 1.82) is 0 Å². The standard InChI is InChI=1S/C17H23FN6O3/c18-14-11(10-27-17(26)22-16(19)20)5-6-21-15(14)23-7-8-24(13(25)9-23)12-3-1-2-4-12/h5-6,12H,1-4,7-10H2,(H4,19,20,22,26). The Morgan fingerprint density at radius 3 is 2.74 bits per heavy atom. The van der Waals surface area contributed by atoms with E-state index in [2.05, 4.69) is 9.98 Å². The van der Waals surface area contributed by atoms with Gasteiger partial charge in [-0.3, -0.25) is 4.79 Å². The van der Waals surface area contributed by atoms with Crippen molar-refractivity contribution in [1.82, 2.24) is 9.88 Å². The lowest BCUT2D eigenvalue weighted by atomic mass is 10.1. The van der Waals surface area contributed by atoms with Gasteiger partial charge >= 0.3 is 6.09 Å². The SMILES string of the molecule is NC(N)=NC(=O)OCc1ccnc(N2CCN(C3CCCC3)C(=O)C2)c1F. The number of rotatable bonds is 4. The predicted octanol–water partition coefficient (Wildman–Crippen LogP) is 0.722. The van der Waals surface area contributed by atoms with E-state index < -0.39 is 17.9 Å². The summed E-state index contributed by atoms with van der Waals surface area (Å²) >= 11 is 0. The van der Waals surface area contributed by atoms with Crippen LogP contribution >= 0.6 is 0 Å². The highest BCUT2D eigenvalue weighted by Crippen LogP contribution is 2.27. The maximum Gasteiger partial charge on any atom is 0.437 e. The molecular formula is C17H23FN6O3. The molecule has 0 atom stereocenters. The van der Waals surface area contributed by atoms with Crippen molar-refractivity contribution in [2.24, 2.45) is 16.5 Å². The van der Waals surface area contributed by atoms with Gasteiger partial charge < -0.3 is 26.0 Å². The van der Waals surface area contributed by atoms with Crippen LogP contribution in [0.25, 0.3) is 0 Å². The number of anilines is 1. The number of aliphatic imine (C=N–C) groups is 1. The molecule has 2 amide bonds. The van der Waals surface area contributed by atoms with E-state index in [9.17, 15) is 14.0 Å². The maximum atomic E-state index is 14.8. The number of aromatic nitrogens is 1. The summed E-state index contributed by atoms with van der Waals surface area (Å²) in [4.78, 5) is 34.7. The fraction of sp³-hybridized carbons (Fsp3) is 0.529. The van der Waals surface area contributed by atoms with Gasteiger partial charge in [0, 0.05) is 30.9 Å². The molecule has 1 aliphatic carbocycles. The normalized spacial score (nSPS) is 17.9. The van der Waals surface area contributed by atoms with Crippen molar-refractivity contribution in [2.75, 3.05) is 24.5 Å². The first-order chi connectivity index (χ1) is 13.0. The van der Waals surface area contributed by atoms with Crippen molar-refractivity contribution in [3.63, 3.8) is 0 Å². The third-order valence-electron chi connectivity index (χ3n) is 4.84. The minimum Gasteiger partial charge on any atom is -0.443 e. The lowest BCUT2D eigenvalue weighted by molar-refractivity contribution is -0.133. The Labute approximate surface area is 156 Å². The Bertz CT molecular complexity index is 746. The van der Waals surface area contributed by atoms with Crippen LogP contribution in [0.4, 0.5) is 15.0 Å². The molecule has 0 spiro atoms. The number of carbonyl (C=O) groups is 2. The number of ether oxygens (including phenoxy) is 1. The zero-order valence-corrected chi connectivity index (χ0v) is 14.9. The molecule has 1 aromatic heterocycles. The Morgan fingerprint density at radius 1 is 1.33 bits per heavy atom. The lowest BCUT2D eigenvalue weighted by Gasteiger charge is -2.38. The summed E-state index contributed by atoms with van der Waals surface area (Å²) < 4.78 is 19.6. The first kappa shape index (κ1) is 18.9. The van der Waals surface area contributed by atoms with Crippen molar-refractivity contribution in [3.8, 4) is 0 Å². The van der Waals surface area contributed by atoms with E-state index in [1.807, 2.05) is 4.90 Å². The number of pyridine rings is 1. The maximum absolute atomic E-state index is 14.8. The van der Waals surface area contributed by atoms with E-state index in [0.29, 0.717) is 19.1 Å². The van der Waals surface area contributed by atoms with E-state index in [-0.39, 0.29) is 30.4 Å². The highest BCUT2D eigenvalue weighted by Gasteiger charge is 2.32. The molecule has 1 aromatic rings. The number of nitrogens with two attached hydrogens (primary N) is 2. The lowest BCUT2D eigenvalue weighted by Crippen LogP contribution is -2.54. The van der Waals surface area contributed by atoms with Gasteiger partial charge in [0.2, 0.25) is 5.91 Å². The van der Waals surface area contributed by atoms with Crippen molar-refractivity contribution in [2.45, 2.75) is 38.3 Å². The Balaban J connectivity index is 1.66. The molecular weight excluding hydrogens is 355 g/mol. The van der Waals surface area contributed by atoms with Gasteiger partial charge in [-0.2, -0.15) is 0 Å². The number of amides is 2. The van der Waals surface area contributed by atoms with Crippen LogP contribution in [0.1, 0.15) is 31.2 Å². The zero-order chi connectivity index (χ0) is 19.4. The van der Waals surface area contributed by atoms with Gasteiger partial charge in [0.05, 0.1) is 6.54 Å². The molecule has 27 heavy (non-hydrogen) atoms. The topological polar surface area (TPSA) is 127 Å². The van der Waals surface area contributed by atoms with Crippen LogP contribution in [0, 0.1) is 5.82 Å². The quantitative estimate of drug-likeness (QED) is 0.584. The molecule has 0 unspecified atom stereocenters. The largest absolute Gasteiger partial charge is 0.443 e. The van der Waals surface area contributed by atoms with Gasteiger partial charge in [-0.1, -0.05) is 12.8 Å². The summed E-state index contributed by atoms with van der Waals surface area (Å²) in [7, 11) is 0. The summed E-state index contributed by atoms with van der Waals surface area (Å²) in [6.07, 6.45) is 4.78. The highest BCUT2D eigenvalue weighted by molar-refractivity contribution is 5.87. The average molecular weight is 378 g/mol. The number of guanidine groups is 1. The Hall–Kier alpha value is -2.91. The smallest absolute Gasteiger partial charge is 0.437 e. The van der Waals surface area contributed by atoms with Gasteiger partial charge in [-0.25, -0.2) is 14.2 Å². The Morgan fingerprint density at radius 2 is 2.07 bits per heavy atom. The minimum atomic E-state index is -1.01. The number of hydrogen-bond acceptors (Lipinski definition) is 5. The second kappa shape index (κ2) is 8.19.